The highest BCUT2D eigenvalue weighted by Crippen LogP contribution is 2.38. The number of nitrogens with zero attached hydrogens (tertiary/aromatic N) is 5. The molecule has 2 N–H and O–H groups in total. The molecular formula is C25H22ClN7O5. The summed E-state index contributed by atoms with van der Waals surface area (Å²) in [6.07, 6.45) is 1.42. The summed E-state index contributed by atoms with van der Waals surface area (Å²) in [6, 6.07) is 11.7. The maximum absolute atomic E-state index is 13.2. The molecule has 0 fully saturated rings. The van der Waals surface area contributed by atoms with Crippen LogP contribution in [0, 0.1) is 6.92 Å². The monoisotopic (exact) mass is 535 g/mol. The van der Waals surface area contributed by atoms with Gasteiger partial charge in [0.15, 0.2) is 17.1 Å². The molecule has 194 valence electrons. The van der Waals surface area contributed by atoms with E-state index < -0.39 is 11.5 Å². The van der Waals surface area contributed by atoms with Gasteiger partial charge < -0.3 is 19.5 Å². The molecule has 2 aromatic carbocycles. The van der Waals surface area contributed by atoms with E-state index in [0.29, 0.717) is 39.3 Å². The van der Waals surface area contributed by atoms with Gasteiger partial charge in [-0.2, -0.15) is 19.9 Å². The first kappa shape index (κ1) is 24.8. The molecule has 5 rings (SSSR count). The maximum atomic E-state index is 13.2. The highest BCUT2D eigenvalue weighted by molar-refractivity contribution is 6.30. The van der Waals surface area contributed by atoms with E-state index in [1.54, 1.807) is 37.3 Å². The number of ether oxygens (including phenoxy) is 3. The number of nitrogens with one attached hydrogen (secondary N) is 2. The molecule has 0 aliphatic rings. The SMILES string of the molecule is COc1cc(C(=O)Nc2cc(C)nn2-c2nc3c(cnn3-c3cccc(Cl)c3)c(=O)[nH]2)cc(OC)c1OC. The van der Waals surface area contributed by atoms with Crippen LogP contribution < -0.4 is 25.1 Å². The van der Waals surface area contributed by atoms with Gasteiger partial charge in [-0.25, -0.2) is 4.68 Å². The Balaban J connectivity index is 1.56. The lowest BCUT2D eigenvalue weighted by Crippen LogP contribution is -2.19. The number of fused-ring (bicyclic) bond motifs is 1. The third-order valence-corrected chi connectivity index (χ3v) is 5.91. The average Bonchev–Trinajstić information content (AvgIpc) is 3.51. The van der Waals surface area contributed by atoms with Crippen molar-refractivity contribution in [3.05, 3.63) is 75.3 Å². The van der Waals surface area contributed by atoms with Crippen molar-refractivity contribution in [2.24, 2.45) is 0 Å². The molecule has 0 spiro atoms. The molecule has 0 bridgehead atoms. The summed E-state index contributed by atoms with van der Waals surface area (Å²) in [5, 5.41) is 12.3. The van der Waals surface area contributed by atoms with Crippen LogP contribution in [0.5, 0.6) is 17.2 Å². The molecule has 1 amide bonds. The van der Waals surface area contributed by atoms with E-state index in [9.17, 15) is 9.59 Å². The smallest absolute Gasteiger partial charge is 0.263 e. The molecule has 0 unspecified atom stereocenters. The molecule has 12 nitrogen and oxygen atoms in total. The van der Waals surface area contributed by atoms with Gasteiger partial charge in [0, 0.05) is 16.7 Å². The molecule has 3 heterocycles. The van der Waals surface area contributed by atoms with Crippen molar-refractivity contribution in [2.75, 3.05) is 26.6 Å². The quantitative estimate of drug-likeness (QED) is 0.323. The minimum Gasteiger partial charge on any atom is -0.493 e. The van der Waals surface area contributed by atoms with Crippen molar-refractivity contribution < 1.29 is 19.0 Å². The molecule has 0 radical (unpaired) electrons. The molecule has 13 heteroatoms. The van der Waals surface area contributed by atoms with E-state index in [-0.39, 0.29) is 22.7 Å². The Morgan fingerprint density at radius 2 is 1.76 bits per heavy atom. The average molecular weight is 536 g/mol. The summed E-state index contributed by atoms with van der Waals surface area (Å²) in [6.45, 7) is 1.75. The van der Waals surface area contributed by atoms with Gasteiger partial charge in [0.05, 0.1) is 38.9 Å². The number of carbonyl (C=O) groups excluding carboxylic acids is 1. The third kappa shape index (κ3) is 4.41. The number of hydrogen-bond donors (Lipinski definition) is 2. The number of aromatic nitrogens is 6. The molecule has 0 saturated carbocycles. The predicted octanol–water partition coefficient (Wildman–Crippen LogP) is 3.53. The number of rotatable bonds is 7. The predicted molar refractivity (Wildman–Crippen MR) is 140 cm³/mol. The van der Waals surface area contributed by atoms with Crippen LogP contribution in [-0.2, 0) is 0 Å². The van der Waals surface area contributed by atoms with E-state index >= 15 is 0 Å². The normalized spacial score (nSPS) is 11.0. The second-order valence-electron chi connectivity index (χ2n) is 8.11. The second kappa shape index (κ2) is 9.90. The molecule has 0 saturated heterocycles. The zero-order valence-corrected chi connectivity index (χ0v) is 21.5. The number of hydrogen-bond acceptors (Lipinski definition) is 8. The van der Waals surface area contributed by atoms with Gasteiger partial charge in [-0.05, 0) is 37.3 Å². The number of anilines is 1. The molecule has 0 aliphatic carbocycles. The fourth-order valence-electron chi connectivity index (χ4n) is 3.95. The van der Waals surface area contributed by atoms with Crippen molar-refractivity contribution >= 4 is 34.4 Å². The van der Waals surface area contributed by atoms with Crippen molar-refractivity contribution in [3.8, 4) is 28.9 Å². The van der Waals surface area contributed by atoms with E-state index in [2.05, 4.69) is 25.5 Å². The van der Waals surface area contributed by atoms with Gasteiger partial charge >= 0.3 is 0 Å². The van der Waals surface area contributed by atoms with Crippen LogP contribution >= 0.6 is 11.6 Å². The lowest BCUT2D eigenvalue weighted by molar-refractivity contribution is 0.102. The second-order valence-corrected chi connectivity index (χ2v) is 8.55. The Morgan fingerprint density at radius 3 is 2.42 bits per heavy atom. The minimum absolute atomic E-state index is 0.0829. The first-order chi connectivity index (χ1) is 18.3. The Hall–Kier alpha value is -4.84. The number of aryl methyl sites for hydroxylation is 1. The van der Waals surface area contributed by atoms with Crippen molar-refractivity contribution in [1.29, 1.82) is 0 Å². The van der Waals surface area contributed by atoms with Gasteiger partial charge in [-0.1, -0.05) is 17.7 Å². The van der Waals surface area contributed by atoms with E-state index in [0.717, 1.165) is 0 Å². The van der Waals surface area contributed by atoms with Gasteiger partial charge in [0.1, 0.15) is 11.2 Å². The first-order valence-electron chi connectivity index (χ1n) is 11.2. The van der Waals surface area contributed by atoms with Crippen LogP contribution in [-0.4, -0.2) is 56.8 Å². The fraction of sp³-hybridized carbons (Fsp3) is 0.160. The van der Waals surface area contributed by atoms with Gasteiger partial charge in [0.2, 0.25) is 11.7 Å². The third-order valence-electron chi connectivity index (χ3n) is 5.68. The number of benzene rings is 2. The number of methoxy groups -OCH3 is 3. The lowest BCUT2D eigenvalue weighted by atomic mass is 10.1. The molecule has 5 aromatic rings. The molecular weight excluding hydrogens is 514 g/mol. The van der Waals surface area contributed by atoms with Crippen molar-refractivity contribution in [3.63, 3.8) is 0 Å². The van der Waals surface area contributed by atoms with Gasteiger partial charge in [-0.3, -0.25) is 14.6 Å². The summed E-state index contributed by atoms with van der Waals surface area (Å²) in [5.74, 6) is 0.897. The maximum Gasteiger partial charge on any atom is 0.263 e. The van der Waals surface area contributed by atoms with Crippen LogP contribution in [0.4, 0.5) is 5.82 Å². The van der Waals surface area contributed by atoms with Gasteiger partial charge in [0.25, 0.3) is 11.5 Å². The van der Waals surface area contributed by atoms with Crippen LogP contribution in [0.25, 0.3) is 22.7 Å². The van der Waals surface area contributed by atoms with Gasteiger partial charge in [-0.15, -0.1) is 0 Å². The highest BCUT2D eigenvalue weighted by atomic mass is 35.5. The van der Waals surface area contributed by atoms with Crippen LogP contribution in [0.15, 0.2) is 53.5 Å². The summed E-state index contributed by atoms with van der Waals surface area (Å²) in [5.41, 5.74) is 1.33. The van der Waals surface area contributed by atoms with E-state index in [1.807, 2.05) is 0 Å². The summed E-state index contributed by atoms with van der Waals surface area (Å²) >= 11 is 6.14. The Kier molecular flexibility index (Phi) is 6.47. The number of amides is 1. The lowest BCUT2D eigenvalue weighted by Gasteiger charge is -2.14. The van der Waals surface area contributed by atoms with Crippen LogP contribution in [0.1, 0.15) is 16.1 Å². The number of H-pyrrole nitrogens is 1. The Bertz CT molecular complexity index is 1720. The number of carbonyl (C=O) groups is 1. The summed E-state index contributed by atoms with van der Waals surface area (Å²) in [7, 11) is 4.40. The van der Waals surface area contributed by atoms with Crippen LogP contribution in [0.3, 0.4) is 0 Å². The summed E-state index contributed by atoms with van der Waals surface area (Å²) < 4.78 is 18.9. The topological polar surface area (TPSA) is 138 Å². The Labute approximate surface area is 220 Å². The zero-order valence-electron chi connectivity index (χ0n) is 20.8. The fourth-order valence-corrected chi connectivity index (χ4v) is 4.14. The minimum atomic E-state index is -0.474. The van der Waals surface area contributed by atoms with E-state index in [1.165, 1.54) is 49.0 Å². The standard InChI is InChI=1S/C25H22ClN7O5/c1-13-8-20(28-23(34)14-9-18(36-2)21(38-4)19(10-14)37-3)33(31-13)25-29-22-17(24(35)30-25)12-27-32(22)16-7-5-6-15(26)11-16/h5-12H,1-4H3,(H,28,34)(H,29,30,35). The van der Waals surface area contributed by atoms with E-state index in [4.69, 9.17) is 25.8 Å². The largest absolute Gasteiger partial charge is 0.493 e. The molecule has 3 aromatic heterocycles. The molecule has 38 heavy (non-hydrogen) atoms. The Morgan fingerprint density at radius 1 is 1.03 bits per heavy atom. The zero-order chi connectivity index (χ0) is 27.0. The summed E-state index contributed by atoms with van der Waals surface area (Å²) in [4.78, 5) is 33.4. The van der Waals surface area contributed by atoms with Crippen molar-refractivity contribution in [2.45, 2.75) is 6.92 Å². The molecule has 0 aliphatic heterocycles. The van der Waals surface area contributed by atoms with Crippen LogP contribution in [0.2, 0.25) is 5.02 Å². The highest BCUT2D eigenvalue weighted by Gasteiger charge is 2.20. The number of aromatic amines is 1. The first-order valence-corrected chi connectivity index (χ1v) is 11.6. The molecule has 0 atom stereocenters. The van der Waals surface area contributed by atoms with Crippen molar-refractivity contribution in [1.82, 2.24) is 29.5 Å². The number of halogens is 1.